The molecule has 0 spiro atoms. The Hall–Kier alpha value is -5.00. The average Bonchev–Trinajstić information content (AvgIpc) is 3.63. The Kier molecular flexibility index (Phi) is 7.38. The molecule has 0 radical (unpaired) electrons. The largest absolute Gasteiger partial charge is 0.444 e. The van der Waals surface area contributed by atoms with Crippen LogP contribution in [0.2, 0.25) is 0 Å². The van der Waals surface area contributed by atoms with Gasteiger partial charge in [-0.2, -0.15) is 0 Å². The third-order valence-corrected chi connectivity index (χ3v) is 11.4. The van der Waals surface area contributed by atoms with Gasteiger partial charge in [-0.25, -0.2) is 9.59 Å². The molecular weight excluding hydrogens is 668 g/mol. The molecular formula is C40H40N2O10. The third kappa shape index (κ3) is 5.40. The van der Waals surface area contributed by atoms with Crippen LogP contribution in [0, 0.1) is 47.3 Å². The number of carbonyl (C=O) groups excluding carboxylic acids is 8. The summed E-state index contributed by atoms with van der Waals surface area (Å²) in [6, 6.07) is 9.36. The molecule has 6 aliphatic rings. The maximum absolute atomic E-state index is 13.6. The fourth-order valence-corrected chi connectivity index (χ4v) is 8.89. The molecule has 2 saturated heterocycles. The Morgan fingerprint density at radius 3 is 1.13 bits per heavy atom. The van der Waals surface area contributed by atoms with E-state index in [0.717, 1.165) is 0 Å². The van der Waals surface area contributed by atoms with E-state index in [1.165, 1.54) is 24.3 Å². The molecule has 2 aromatic rings. The Bertz CT molecular complexity index is 1880. The number of benzene rings is 2. The highest BCUT2D eigenvalue weighted by molar-refractivity contribution is 6.37. The zero-order chi connectivity index (χ0) is 37.3. The molecule has 2 heterocycles. The van der Waals surface area contributed by atoms with Gasteiger partial charge in [0.05, 0.1) is 0 Å². The second kappa shape index (κ2) is 11.2. The molecule has 2 aromatic carbocycles. The number of rotatable bonds is 5. The summed E-state index contributed by atoms with van der Waals surface area (Å²) in [4.78, 5) is 109. The normalized spacial score (nSPS) is 29.8. The summed E-state index contributed by atoms with van der Waals surface area (Å²) < 4.78 is 10.9. The summed E-state index contributed by atoms with van der Waals surface area (Å²) in [6.07, 6.45) is -0.894. The van der Waals surface area contributed by atoms with E-state index in [4.69, 9.17) is 9.47 Å². The smallest absolute Gasteiger partial charge is 0.410 e. The van der Waals surface area contributed by atoms with Gasteiger partial charge in [0.15, 0.2) is 34.7 Å². The summed E-state index contributed by atoms with van der Waals surface area (Å²) in [5.74, 6) is -7.33. The minimum Gasteiger partial charge on any atom is -0.444 e. The lowest BCUT2D eigenvalue weighted by atomic mass is 9.93. The van der Waals surface area contributed by atoms with Gasteiger partial charge in [-0.05, 0) is 88.5 Å². The van der Waals surface area contributed by atoms with Gasteiger partial charge in [-0.3, -0.25) is 28.8 Å². The van der Waals surface area contributed by atoms with Crippen LogP contribution < -0.4 is 0 Å². The monoisotopic (exact) mass is 708 g/mol. The van der Waals surface area contributed by atoms with Crippen molar-refractivity contribution in [3.05, 3.63) is 58.7 Å². The third-order valence-electron chi connectivity index (χ3n) is 11.4. The molecule has 8 rings (SSSR count). The van der Waals surface area contributed by atoms with Gasteiger partial charge in [0.25, 0.3) is 0 Å². The number of Topliss-reactive ketones (excluding diaryl/α,β-unsaturated/α-hetero) is 6. The van der Waals surface area contributed by atoms with Gasteiger partial charge < -0.3 is 19.3 Å². The highest BCUT2D eigenvalue weighted by atomic mass is 16.6. The van der Waals surface area contributed by atoms with E-state index in [9.17, 15) is 38.4 Å². The lowest BCUT2D eigenvalue weighted by molar-refractivity contribution is -0.123. The first-order valence-electron chi connectivity index (χ1n) is 17.8. The molecule has 4 aliphatic carbocycles. The molecule has 2 amide bonds. The standard InChI is InChI=1S/C40H40N2O10/c1-39(2,3)51-37(49)41-13-23-24(14-41)27(23)35(47)29-31(43)19-9-7-17(11-21(19)33(29)45)18-8-10-20-22(12-18)34(46)30(32(20)44)36(48)28-25-15-42(16-26(25)28)38(50)52-40(4,5)6/h7-12,23-30H,13-16H2,1-6H3/t23-,24+,25-,26+,27?,28?,29?,30?. The molecule has 52 heavy (non-hydrogen) atoms. The SMILES string of the molecule is CC(C)(C)OC(=O)N1C[C@@H]2C(C(=O)C3C(=O)c4ccc(-c5ccc6c(c5)C(=O)C(C(=O)C5[C@H]7CN(C(=O)OC(C)(C)C)C[C@@H]57)C6=O)cc4C3=O)[C@@H]2C1. The van der Waals surface area contributed by atoms with Crippen LogP contribution in [0.1, 0.15) is 83.0 Å². The Labute approximate surface area is 300 Å². The Morgan fingerprint density at radius 2 is 0.827 bits per heavy atom. The van der Waals surface area contributed by atoms with Crippen LogP contribution in [0.15, 0.2) is 36.4 Å². The molecule has 0 bridgehead atoms. The number of carbonyl (C=O) groups is 8. The number of ketones is 6. The number of fused-ring (bicyclic) bond motifs is 4. The fraction of sp³-hybridized carbons (Fsp3) is 0.500. The number of ether oxygens (including phenoxy) is 2. The number of piperidine rings is 2. The lowest BCUT2D eigenvalue weighted by Gasteiger charge is -2.26. The number of hydrogen-bond donors (Lipinski definition) is 0. The first-order chi connectivity index (χ1) is 24.3. The molecule has 0 N–H and O–H groups in total. The maximum Gasteiger partial charge on any atom is 0.410 e. The van der Waals surface area contributed by atoms with Crippen molar-refractivity contribution < 1.29 is 47.8 Å². The molecule has 12 heteroatoms. The minimum absolute atomic E-state index is 0.117. The molecule has 270 valence electrons. The number of nitrogens with zero attached hydrogens (tertiary/aromatic N) is 2. The van der Waals surface area contributed by atoms with Crippen molar-refractivity contribution in [3.63, 3.8) is 0 Å². The van der Waals surface area contributed by atoms with E-state index < -0.39 is 81.8 Å². The van der Waals surface area contributed by atoms with Crippen LogP contribution >= 0.6 is 0 Å². The highest BCUT2D eigenvalue weighted by Gasteiger charge is 2.64. The Balaban J connectivity index is 0.933. The van der Waals surface area contributed by atoms with Crippen molar-refractivity contribution in [1.29, 1.82) is 0 Å². The van der Waals surface area contributed by atoms with Gasteiger partial charge >= 0.3 is 12.2 Å². The summed E-state index contributed by atoms with van der Waals surface area (Å²) >= 11 is 0. The molecule has 0 aromatic heterocycles. The van der Waals surface area contributed by atoms with E-state index in [-0.39, 0.29) is 45.9 Å². The predicted molar refractivity (Wildman–Crippen MR) is 183 cm³/mol. The van der Waals surface area contributed by atoms with Crippen molar-refractivity contribution in [2.45, 2.75) is 52.7 Å². The van der Waals surface area contributed by atoms with E-state index in [1.54, 1.807) is 63.5 Å². The van der Waals surface area contributed by atoms with E-state index in [1.807, 2.05) is 0 Å². The van der Waals surface area contributed by atoms with Crippen LogP contribution in [-0.4, -0.2) is 94.1 Å². The van der Waals surface area contributed by atoms with Crippen molar-refractivity contribution >= 4 is 46.9 Å². The van der Waals surface area contributed by atoms with Crippen LogP contribution in [0.5, 0.6) is 0 Å². The van der Waals surface area contributed by atoms with Crippen molar-refractivity contribution in [1.82, 2.24) is 9.80 Å². The molecule has 2 aliphatic heterocycles. The first-order valence-corrected chi connectivity index (χ1v) is 17.8. The average molecular weight is 709 g/mol. The van der Waals surface area contributed by atoms with Crippen molar-refractivity contribution in [2.75, 3.05) is 26.2 Å². The zero-order valence-corrected chi connectivity index (χ0v) is 29.9. The fourth-order valence-electron chi connectivity index (χ4n) is 8.89. The molecule has 8 atom stereocenters. The van der Waals surface area contributed by atoms with Gasteiger partial charge in [0.1, 0.15) is 23.0 Å². The topological polar surface area (TPSA) is 162 Å². The summed E-state index contributed by atoms with van der Waals surface area (Å²) in [7, 11) is 0. The lowest BCUT2D eigenvalue weighted by Crippen LogP contribution is -2.38. The molecule has 2 saturated carbocycles. The van der Waals surface area contributed by atoms with E-state index >= 15 is 0 Å². The van der Waals surface area contributed by atoms with Crippen LogP contribution in [-0.2, 0) is 19.1 Å². The van der Waals surface area contributed by atoms with Crippen LogP contribution in [0.25, 0.3) is 11.1 Å². The summed E-state index contributed by atoms with van der Waals surface area (Å²) in [6.45, 7) is 12.0. The number of likely N-dealkylation sites (tertiary alicyclic amines) is 2. The van der Waals surface area contributed by atoms with Gasteiger partial charge in [-0.1, -0.05) is 24.3 Å². The van der Waals surface area contributed by atoms with E-state index in [0.29, 0.717) is 37.3 Å². The molecule has 4 fully saturated rings. The second-order valence-corrected chi connectivity index (χ2v) is 17.1. The number of amides is 2. The van der Waals surface area contributed by atoms with Gasteiger partial charge in [0.2, 0.25) is 0 Å². The van der Waals surface area contributed by atoms with Crippen molar-refractivity contribution in [3.8, 4) is 11.1 Å². The van der Waals surface area contributed by atoms with Crippen LogP contribution in [0.4, 0.5) is 9.59 Å². The zero-order valence-electron chi connectivity index (χ0n) is 29.9. The summed E-state index contributed by atoms with van der Waals surface area (Å²) in [5.41, 5.74) is 0.302. The maximum atomic E-state index is 13.6. The highest BCUT2D eigenvalue weighted by Crippen LogP contribution is 2.55. The quantitative estimate of drug-likeness (QED) is 0.398. The molecule has 4 unspecified atom stereocenters. The van der Waals surface area contributed by atoms with Gasteiger partial charge in [0, 0.05) is 60.3 Å². The van der Waals surface area contributed by atoms with Crippen molar-refractivity contribution in [2.24, 2.45) is 47.3 Å². The van der Waals surface area contributed by atoms with Crippen LogP contribution in [0.3, 0.4) is 0 Å². The number of hydrogen-bond acceptors (Lipinski definition) is 10. The Morgan fingerprint density at radius 1 is 0.519 bits per heavy atom. The second-order valence-electron chi connectivity index (χ2n) is 17.1. The minimum atomic E-state index is -1.43. The first kappa shape index (κ1) is 34.1. The van der Waals surface area contributed by atoms with E-state index in [2.05, 4.69) is 0 Å². The summed E-state index contributed by atoms with van der Waals surface area (Å²) in [5, 5.41) is 0. The van der Waals surface area contributed by atoms with Gasteiger partial charge in [-0.15, -0.1) is 0 Å². The molecule has 12 nitrogen and oxygen atoms in total. The predicted octanol–water partition coefficient (Wildman–Crippen LogP) is 4.71.